The molecule has 0 fully saturated rings. The topological polar surface area (TPSA) is 86.7 Å². The summed E-state index contributed by atoms with van der Waals surface area (Å²) in [6.45, 7) is 0.130. The molecule has 3 rings (SSSR count). The summed E-state index contributed by atoms with van der Waals surface area (Å²) in [6.07, 6.45) is 0. The molecule has 0 unspecified atom stereocenters. The summed E-state index contributed by atoms with van der Waals surface area (Å²) >= 11 is 0. The fourth-order valence-corrected chi connectivity index (χ4v) is 2.00. The van der Waals surface area contributed by atoms with Gasteiger partial charge in [-0.2, -0.15) is 4.80 Å². The Bertz CT molecular complexity index is 816. The summed E-state index contributed by atoms with van der Waals surface area (Å²) in [4.78, 5) is 11.8. The van der Waals surface area contributed by atoms with Gasteiger partial charge in [-0.05, 0) is 29.5 Å². The van der Waals surface area contributed by atoms with Crippen molar-refractivity contribution in [2.24, 2.45) is 0 Å². The number of rotatable bonds is 4. The van der Waals surface area contributed by atoms with Crippen molar-refractivity contribution in [3.05, 3.63) is 70.0 Å². The first-order valence-corrected chi connectivity index (χ1v) is 6.39. The van der Waals surface area contributed by atoms with Crippen molar-refractivity contribution in [3.8, 4) is 11.4 Å². The van der Waals surface area contributed by atoms with E-state index in [1.54, 1.807) is 30.3 Å². The van der Waals surface area contributed by atoms with Gasteiger partial charge in [-0.25, -0.2) is 4.39 Å². The lowest BCUT2D eigenvalue weighted by Crippen LogP contribution is -2.06. The summed E-state index contributed by atoms with van der Waals surface area (Å²) in [7, 11) is 0. The quantitative estimate of drug-likeness (QED) is 0.545. The third kappa shape index (κ3) is 2.80. The van der Waals surface area contributed by atoms with E-state index in [4.69, 9.17) is 0 Å². The number of hydrogen-bond donors (Lipinski definition) is 0. The SMILES string of the molecule is O=[N+]([O-])c1ccccc1Cn1nnc(-c2ccc(F)cc2)n1. The maximum atomic E-state index is 12.9. The van der Waals surface area contributed by atoms with Crippen molar-refractivity contribution >= 4 is 5.69 Å². The second-order valence-corrected chi connectivity index (χ2v) is 4.54. The lowest BCUT2D eigenvalue weighted by Gasteiger charge is -2.00. The lowest BCUT2D eigenvalue weighted by atomic mass is 10.2. The zero-order valence-electron chi connectivity index (χ0n) is 11.3. The van der Waals surface area contributed by atoms with Crippen LogP contribution in [-0.2, 0) is 6.54 Å². The second-order valence-electron chi connectivity index (χ2n) is 4.54. The molecule has 3 aromatic rings. The molecule has 0 atom stereocenters. The number of nitro groups is 1. The van der Waals surface area contributed by atoms with Crippen LogP contribution in [0.15, 0.2) is 48.5 Å². The van der Waals surface area contributed by atoms with E-state index in [0.717, 1.165) is 0 Å². The molecule has 0 saturated carbocycles. The number of para-hydroxylation sites is 1. The van der Waals surface area contributed by atoms with E-state index in [2.05, 4.69) is 15.4 Å². The van der Waals surface area contributed by atoms with Gasteiger partial charge in [0, 0.05) is 11.6 Å². The van der Waals surface area contributed by atoms with Crippen molar-refractivity contribution in [1.82, 2.24) is 20.2 Å². The highest BCUT2D eigenvalue weighted by molar-refractivity contribution is 5.53. The summed E-state index contributed by atoms with van der Waals surface area (Å²) < 4.78 is 12.9. The Morgan fingerprint density at radius 3 is 2.59 bits per heavy atom. The zero-order chi connectivity index (χ0) is 15.5. The van der Waals surface area contributed by atoms with Crippen LogP contribution in [0.25, 0.3) is 11.4 Å². The predicted octanol–water partition coefficient (Wildman–Crippen LogP) is 2.44. The monoisotopic (exact) mass is 299 g/mol. The van der Waals surface area contributed by atoms with Crippen LogP contribution in [-0.4, -0.2) is 25.1 Å². The van der Waals surface area contributed by atoms with Gasteiger partial charge in [-0.15, -0.1) is 10.2 Å². The standard InChI is InChI=1S/C14H10FN5O2/c15-12-7-5-10(6-8-12)14-16-18-19(17-14)9-11-3-1-2-4-13(11)20(21)22/h1-8H,9H2. The second kappa shape index (κ2) is 5.68. The normalized spacial score (nSPS) is 10.6. The molecule has 0 amide bonds. The van der Waals surface area contributed by atoms with Crippen LogP contribution >= 0.6 is 0 Å². The van der Waals surface area contributed by atoms with Gasteiger partial charge in [0.05, 0.1) is 17.0 Å². The smallest absolute Gasteiger partial charge is 0.258 e. The first-order valence-electron chi connectivity index (χ1n) is 6.39. The van der Waals surface area contributed by atoms with Gasteiger partial charge < -0.3 is 0 Å². The molecule has 0 radical (unpaired) electrons. The van der Waals surface area contributed by atoms with Gasteiger partial charge in [0.1, 0.15) is 5.82 Å². The minimum atomic E-state index is -0.451. The molecule has 1 aromatic heterocycles. The Kier molecular flexibility index (Phi) is 3.57. The van der Waals surface area contributed by atoms with Gasteiger partial charge in [0.25, 0.3) is 5.69 Å². The molecule has 0 N–H and O–H groups in total. The summed E-state index contributed by atoms with van der Waals surface area (Å²) in [5.74, 6) is -0.0189. The van der Waals surface area contributed by atoms with E-state index in [1.807, 2.05) is 0 Å². The van der Waals surface area contributed by atoms with E-state index in [-0.39, 0.29) is 18.0 Å². The molecule has 0 spiro atoms. The largest absolute Gasteiger partial charge is 0.274 e. The van der Waals surface area contributed by atoms with E-state index in [9.17, 15) is 14.5 Å². The van der Waals surface area contributed by atoms with Crippen molar-refractivity contribution in [1.29, 1.82) is 0 Å². The summed E-state index contributed by atoms with van der Waals surface area (Å²) in [6, 6.07) is 12.1. The molecule has 2 aromatic carbocycles. The van der Waals surface area contributed by atoms with E-state index < -0.39 is 4.92 Å². The molecule has 0 saturated heterocycles. The number of nitro benzene ring substituents is 1. The third-order valence-corrected chi connectivity index (χ3v) is 3.06. The van der Waals surface area contributed by atoms with Crippen molar-refractivity contribution in [3.63, 3.8) is 0 Å². The van der Waals surface area contributed by atoms with Crippen LogP contribution in [0, 0.1) is 15.9 Å². The number of halogens is 1. The molecular formula is C14H10FN5O2. The van der Waals surface area contributed by atoms with Crippen LogP contribution in [0.2, 0.25) is 0 Å². The van der Waals surface area contributed by atoms with Crippen molar-refractivity contribution in [2.45, 2.75) is 6.54 Å². The molecule has 7 nitrogen and oxygen atoms in total. The molecule has 110 valence electrons. The van der Waals surface area contributed by atoms with E-state index >= 15 is 0 Å². The first-order chi connectivity index (χ1) is 10.6. The summed E-state index contributed by atoms with van der Waals surface area (Å²) in [5.41, 5.74) is 1.11. The molecule has 8 heteroatoms. The average Bonchev–Trinajstić information content (AvgIpc) is 2.97. The number of hydrogen-bond acceptors (Lipinski definition) is 5. The number of benzene rings is 2. The average molecular weight is 299 g/mol. The lowest BCUT2D eigenvalue weighted by molar-refractivity contribution is -0.385. The number of tetrazole rings is 1. The Labute approximate surface area is 124 Å². The Morgan fingerprint density at radius 2 is 1.86 bits per heavy atom. The highest BCUT2D eigenvalue weighted by Gasteiger charge is 2.14. The maximum absolute atomic E-state index is 12.9. The molecular weight excluding hydrogens is 289 g/mol. The highest BCUT2D eigenvalue weighted by Crippen LogP contribution is 2.19. The predicted molar refractivity (Wildman–Crippen MR) is 75.4 cm³/mol. The minimum Gasteiger partial charge on any atom is -0.258 e. The van der Waals surface area contributed by atoms with Gasteiger partial charge in [0.2, 0.25) is 5.82 Å². The fourth-order valence-electron chi connectivity index (χ4n) is 2.00. The Morgan fingerprint density at radius 1 is 1.14 bits per heavy atom. The number of aromatic nitrogens is 4. The van der Waals surface area contributed by atoms with Gasteiger partial charge in [0.15, 0.2) is 0 Å². The Balaban J connectivity index is 1.86. The highest BCUT2D eigenvalue weighted by atomic mass is 19.1. The van der Waals surface area contributed by atoms with E-state index in [0.29, 0.717) is 17.0 Å². The van der Waals surface area contributed by atoms with Gasteiger partial charge in [-0.1, -0.05) is 18.2 Å². The van der Waals surface area contributed by atoms with Crippen LogP contribution in [0.3, 0.4) is 0 Å². The molecule has 0 aliphatic carbocycles. The molecule has 1 heterocycles. The number of nitrogens with zero attached hydrogens (tertiary/aromatic N) is 5. The molecule has 22 heavy (non-hydrogen) atoms. The third-order valence-electron chi connectivity index (χ3n) is 3.06. The van der Waals surface area contributed by atoms with Crippen LogP contribution in [0.1, 0.15) is 5.56 Å². The maximum Gasteiger partial charge on any atom is 0.274 e. The van der Waals surface area contributed by atoms with Gasteiger partial charge in [-0.3, -0.25) is 10.1 Å². The zero-order valence-corrected chi connectivity index (χ0v) is 11.3. The van der Waals surface area contributed by atoms with Gasteiger partial charge >= 0.3 is 0 Å². The van der Waals surface area contributed by atoms with Crippen LogP contribution in [0.5, 0.6) is 0 Å². The minimum absolute atomic E-state index is 0.00290. The van der Waals surface area contributed by atoms with Crippen molar-refractivity contribution < 1.29 is 9.31 Å². The first kappa shape index (κ1) is 13.8. The molecule has 0 aliphatic rings. The van der Waals surface area contributed by atoms with Crippen LogP contribution < -0.4 is 0 Å². The van der Waals surface area contributed by atoms with Crippen LogP contribution in [0.4, 0.5) is 10.1 Å². The molecule has 0 aliphatic heterocycles. The van der Waals surface area contributed by atoms with Crippen molar-refractivity contribution in [2.75, 3.05) is 0 Å². The summed E-state index contributed by atoms with van der Waals surface area (Å²) in [5, 5.41) is 22.9. The fraction of sp³-hybridized carbons (Fsp3) is 0.0714. The molecule has 0 bridgehead atoms. The Hall–Kier alpha value is -3.16. The van der Waals surface area contributed by atoms with E-state index in [1.165, 1.54) is 23.0 Å².